The third kappa shape index (κ3) is 2.23. The van der Waals surface area contributed by atoms with Gasteiger partial charge in [-0.05, 0) is 19.8 Å². The number of ether oxygens (including phenoxy) is 2. The van der Waals surface area contributed by atoms with E-state index in [0.717, 1.165) is 12.8 Å². The lowest BCUT2D eigenvalue weighted by Crippen LogP contribution is -2.44. The fourth-order valence-corrected chi connectivity index (χ4v) is 4.09. The molecule has 1 saturated carbocycles. The van der Waals surface area contributed by atoms with Crippen LogP contribution in [-0.2, 0) is 14.3 Å². The molecule has 2 rings (SSSR count). The maximum atomic E-state index is 12.0. The Morgan fingerprint density at radius 1 is 1.44 bits per heavy atom. The molecule has 2 fully saturated rings. The van der Waals surface area contributed by atoms with Crippen LogP contribution in [0.2, 0.25) is 0 Å². The first-order valence-electron chi connectivity index (χ1n) is 6.14. The molecule has 1 saturated heterocycles. The van der Waals surface area contributed by atoms with Crippen LogP contribution in [0.25, 0.3) is 0 Å². The summed E-state index contributed by atoms with van der Waals surface area (Å²) < 4.78 is 11.4. The zero-order valence-corrected chi connectivity index (χ0v) is 11.9. The van der Waals surface area contributed by atoms with Crippen LogP contribution in [0.15, 0.2) is 0 Å². The number of esters is 1. The van der Waals surface area contributed by atoms with E-state index in [2.05, 4.69) is 22.6 Å². The molecule has 0 N–H and O–H groups in total. The van der Waals surface area contributed by atoms with E-state index in [4.69, 9.17) is 9.47 Å². The van der Waals surface area contributed by atoms with E-state index in [9.17, 15) is 4.79 Å². The molecule has 1 heterocycles. The summed E-state index contributed by atoms with van der Waals surface area (Å²) >= 11 is 2.34. The summed E-state index contributed by atoms with van der Waals surface area (Å²) in [6.45, 7) is 3.03. The topological polar surface area (TPSA) is 35.5 Å². The van der Waals surface area contributed by atoms with Crippen molar-refractivity contribution in [2.75, 3.05) is 13.2 Å². The Balaban J connectivity index is 2.14. The molecule has 1 spiro atoms. The molecule has 2 unspecified atom stereocenters. The predicted octanol–water partition coefficient (Wildman–Crippen LogP) is 2.70. The van der Waals surface area contributed by atoms with Crippen molar-refractivity contribution in [2.24, 2.45) is 5.92 Å². The SMILES string of the molecule is CCOC(=O)C1C(I)COC12CCCCC2. The van der Waals surface area contributed by atoms with Crippen LogP contribution in [-0.4, -0.2) is 28.7 Å². The summed E-state index contributed by atoms with van der Waals surface area (Å²) in [6, 6.07) is 0. The second-order valence-corrected chi connectivity index (χ2v) is 6.28. The van der Waals surface area contributed by atoms with Crippen LogP contribution in [0.1, 0.15) is 39.0 Å². The van der Waals surface area contributed by atoms with E-state index in [1.807, 2.05) is 6.92 Å². The normalized spacial score (nSPS) is 32.9. The fourth-order valence-electron chi connectivity index (χ4n) is 2.96. The summed E-state index contributed by atoms with van der Waals surface area (Å²) in [4.78, 5) is 12.0. The number of alkyl halides is 1. The lowest BCUT2D eigenvalue weighted by Gasteiger charge is -2.36. The second kappa shape index (κ2) is 5.21. The molecule has 0 aromatic carbocycles. The number of hydrogen-bond donors (Lipinski definition) is 0. The summed E-state index contributed by atoms with van der Waals surface area (Å²) in [5, 5.41) is 0. The van der Waals surface area contributed by atoms with Crippen LogP contribution < -0.4 is 0 Å². The standard InChI is InChI=1S/C12H19IO3/c1-2-15-11(14)10-9(13)8-16-12(10)6-4-3-5-7-12/h9-10H,2-8H2,1H3. The molecule has 3 nitrogen and oxygen atoms in total. The van der Waals surface area contributed by atoms with Gasteiger partial charge in [-0.25, -0.2) is 0 Å². The highest BCUT2D eigenvalue weighted by Crippen LogP contribution is 2.46. The number of halogens is 1. The van der Waals surface area contributed by atoms with Gasteiger partial charge in [-0.15, -0.1) is 0 Å². The van der Waals surface area contributed by atoms with Crippen molar-refractivity contribution in [3.8, 4) is 0 Å². The van der Waals surface area contributed by atoms with Gasteiger partial charge in [-0.1, -0.05) is 41.9 Å². The van der Waals surface area contributed by atoms with Crippen molar-refractivity contribution in [1.82, 2.24) is 0 Å². The van der Waals surface area contributed by atoms with Gasteiger partial charge in [0.15, 0.2) is 0 Å². The largest absolute Gasteiger partial charge is 0.466 e. The maximum Gasteiger partial charge on any atom is 0.313 e. The molecular formula is C12H19IO3. The van der Waals surface area contributed by atoms with Crippen molar-refractivity contribution < 1.29 is 14.3 Å². The van der Waals surface area contributed by atoms with Crippen LogP contribution in [0, 0.1) is 5.92 Å². The van der Waals surface area contributed by atoms with Crippen LogP contribution in [0.5, 0.6) is 0 Å². The minimum atomic E-state index is -0.198. The Hall–Kier alpha value is 0.160. The van der Waals surface area contributed by atoms with Crippen molar-refractivity contribution >= 4 is 28.6 Å². The van der Waals surface area contributed by atoms with E-state index in [0.29, 0.717) is 13.2 Å². The minimum Gasteiger partial charge on any atom is -0.466 e. The van der Waals surface area contributed by atoms with Crippen molar-refractivity contribution in [1.29, 1.82) is 0 Å². The molecule has 1 aliphatic carbocycles. The zero-order valence-electron chi connectivity index (χ0n) is 9.71. The number of hydrogen-bond acceptors (Lipinski definition) is 3. The third-order valence-corrected chi connectivity index (χ3v) is 4.78. The number of rotatable bonds is 2. The Morgan fingerprint density at radius 2 is 2.12 bits per heavy atom. The van der Waals surface area contributed by atoms with Gasteiger partial charge >= 0.3 is 5.97 Å². The van der Waals surface area contributed by atoms with Crippen LogP contribution in [0.3, 0.4) is 0 Å². The van der Waals surface area contributed by atoms with Crippen LogP contribution >= 0.6 is 22.6 Å². The van der Waals surface area contributed by atoms with Gasteiger partial charge in [0.2, 0.25) is 0 Å². The van der Waals surface area contributed by atoms with E-state index in [-0.39, 0.29) is 21.4 Å². The first-order chi connectivity index (χ1) is 7.69. The van der Waals surface area contributed by atoms with E-state index in [1.165, 1.54) is 19.3 Å². The highest BCUT2D eigenvalue weighted by atomic mass is 127. The monoisotopic (exact) mass is 338 g/mol. The first kappa shape index (κ1) is 12.6. The van der Waals surface area contributed by atoms with Gasteiger partial charge in [-0.2, -0.15) is 0 Å². The van der Waals surface area contributed by atoms with E-state index in [1.54, 1.807) is 0 Å². The molecule has 1 aliphatic heterocycles. The molecule has 0 radical (unpaired) electrons. The lowest BCUT2D eigenvalue weighted by atomic mass is 9.76. The molecule has 2 aliphatic rings. The fraction of sp³-hybridized carbons (Fsp3) is 0.917. The lowest BCUT2D eigenvalue weighted by molar-refractivity contribution is -0.156. The molecule has 16 heavy (non-hydrogen) atoms. The number of carbonyl (C=O) groups excluding carboxylic acids is 1. The highest BCUT2D eigenvalue weighted by molar-refractivity contribution is 14.1. The Bertz CT molecular complexity index is 255. The summed E-state index contributed by atoms with van der Waals surface area (Å²) in [7, 11) is 0. The molecule has 2 atom stereocenters. The molecular weight excluding hydrogens is 319 g/mol. The highest BCUT2D eigenvalue weighted by Gasteiger charge is 2.53. The van der Waals surface area contributed by atoms with Gasteiger partial charge in [0.05, 0.1) is 28.7 Å². The smallest absolute Gasteiger partial charge is 0.313 e. The second-order valence-electron chi connectivity index (χ2n) is 4.68. The van der Waals surface area contributed by atoms with E-state index >= 15 is 0 Å². The minimum absolute atomic E-state index is 0.0478. The molecule has 0 aromatic rings. The van der Waals surface area contributed by atoms with Gasteiger partial charge in [0, 0.05) is 0 Å². The summed E-state index contributed by atoms with van der Waals surface area (Å²) in [5.74, 6) is -0.102. The average Bonchev–Trinajstić information content (AvgIpc) is 2.57. The maximum absolute atomic E-state index is 12.0. The van der Waals surface area contributed by atoms with Crippen molar-refractivity contribution in [2.45, 2.75) is 48.6 Å². The van der Waals surface area contributed by atoms with Gasteiger partial charge in [0.1, 0.15) is 0 Å². The summed E-state index contributed by atoms with van der Waals surface area (Å²) in [5.41, 5.74) is -0.198. The summed E-state index contributed by atoms with van der Waals surface area (Å²) in [6.07, 6.45) is 5.68. The van der Waals surface area contributed by atoms with Crippen molar-refractivity contribution in [3.05, 3.63) is 0 Å². The van der Waals surface area contributed by atoms with Gasteiger partial charge in [0.25, 0.3) is 0 Å². The Morgan fingerprint density at radius 3 is 2.75 bits per heavy atom. The quantitative estimate of drug-likeness (QED) is 0.441. The third-order valence-electron chi connectivity index (χ3n) is 3.70. The zero-order chi connectivity index (χ0) is 11.6. The van der Waals surface area contributed by atoms with Gasteiger partial charge in [-0.3, -0.25) is 4.79 Å². The predicted molar refractivity (Wildman–Crippen MR) is 69.7 cm³/mol. The Kier molecular flexibility index (Phi) is 4.11. The molecule has 92 valence electrons. The molecule has 0 amide bonds. The van der Waals surface area contributed by atoms with Gasteiger partial charge < -0.3 is 9.47 Å². The van der Waals surface area contributed by atoms with E-state index < -0.39 is 0 Å². The van der Waals surface area contributed by atoms with Crippen molar-refractivity contribution in [3.63, 3.8) is 0 Å². The Labute approximate surface area is 110 Å². The molecule has 4 heteroatoms. The molecule has 0 bridgehead atoms. The number of carbonyl (C=O) groups is 1. The van der Waals surface area contributed by atoms with Crippen LogP contribution in [0.4, 0.5) is 0 Å². The first-order valence-corrected chi connectivity index (χ1v) is 7.39. The molecule has 0 aromatic heterocycles. The average molecular weight is 338 g/mol.